The van der Waals surface area contributed by atoms with Crippen molar-refractivity contribution < 1.29 is 14.6 Å². The van der Waals surface area contributed by atoms with Gasteiger partial charge < -0.3 is 14.6 Å². The normalized spacial score (nSPS) is 15.2. The molecule has 5 heteroatoms. The summed E-state index contributed by atoms with van der Waals surface area (Å²) in [6.45, 7) is 11.5. The minimum absolute atomic E-state index is 0.179. The second-order valence-corrected chi connectivity index (χ2v) is 6.01. The molecule has 0 aliphatic heterocycles. The molecule has 1 aromatic heterocycles. The fourth-order valence-corrected chi connectivity index (χ4v) is 2.36. The van der Waals surface area contributed by atoms with Crippen LogP contribution in [0.5, 0.6) is 5.75 Å². The van der Waals surface area contributed by atoms with E-state index in [4.69, 9.17) is 9.47 Å². The van der Waals surface area contributed by atoms with Gasteiger partial charge in [0.2, 0.25) is 0 Å². The van der Waals surface area contributed by atoms with Crippen molar-refractivity contribution in [3.63, 3.8) is 0 Å². The predicted molar refractivity (Wildman–Crippen MR) is 78.9 cm³/mol. The summed E-state index contributed by atoms with van der Waals surface area (Å²) >= 11 is 0. The van der Waals surface area contributed by atoms with Crippen LogP contribution < -0.4 is 4.74 Å². The molecule has 20 heavy (non-hydrogen) atoms. The van der Waals surface area contributed by atoms with Gasteiger partial charge in [-0.25, -0.2) is 0 Å². The maximum Gasteiger partial charge on any atom is 0.162 e. The maximum absolute atomic E-state index is 10.8. The number of aliphatic hydroxyl groups excluding tert-OH is 1. The molecular formula is C15H28N2O3. The smallest absolute Gasteiger partial charge is 0.162 e. The van der Waals surface area contributed by atoms with Crippen molar-refractivity contribution in [2.24, 2.45) is 5.41 Å². The van der Waals surface area contributed by atoms with Crippen LogP contribution in [0.25, 0.3) is 0 Å². The Balaban J connectivity index is 3.15. The van der Waals surface area contributed by atoms with Crippen molar-refractivity contribution in [3.05, 3.63) is 11.9 Å². The van der Waals surface area contributed by atoms with Gasteiger partial charge in [0.25, 0.3) is 0 Å². The molecule has 5 nitrogen and oxygen atoms in total. The number of aryl methyl sites for hydroxylation is 1. The number of aromatic nitrogens is 2. The summed E-state index contributed by atoms with van der Waals surface area (Å²) in [4.78, 5) is 0. The van der Waals surface area contributed by atoms with Crippen LogP contribution in [-0.4, -0.2) is 34.7 Å². The molecular weight excluding hydrogens is 256 g/mol. The lowest BCUT2D eigenvalue weighted by Crippen LogP contribution is -2.36. The zero-order valence-corrected chi connectivity index (χ0v) is 13.5. The summed E-state index contributed by atoms with van der Waals surface area (Å²) in [5.41, 5.74) is 0.518. The number of methoxy groups -OCH3 is 1. The zero-order valence-electron chi connectivity index (χ0n) is 13.5. The summed E-state index contributed by atoms with van der Waals surface area (Å²) in [6.07, 6.45) is 1.52. The highest BCUT2D eigenvalue weighted by Gasteiger charge is 2.36. The van der Waals surface area contributed by atoms with Crippen molar-refractivity contribution >= 4 is 0 Å². The highest BCUT2D eigenvalue weighted by molar-refractivity contribution is 5.28. The fraction of sp³-hybridized carbons (Fsp3) is 0.800. The van der Waals surface area contributed by atoms with E-state index >= 15 is 0 Å². The monoisotopic (exact) mass is 284 g/mol. The Hall–Kier alpha value is -1.07. The number of nitrogens with zero attached hydrogens (tertiary/aromatic N) is 2. The molecule has 0 aliphatic carbocycles. The topological polar surface area (TPSA) is 56.5 Å². The number of hydrogen-bond acceptors (Lipinski definition) is 4. The first-order valence-corrected chi connectivity index (χ1v) is 7.26. The molecule has 1 aromatic rings. The average molecular weight is 284 g/mol. The average Bonchev–Trinajstić information content (AvgIpc) is 2.77. The van der Waals surface area contributed by atoms with Gasteiger partial charge in [0, 0.05) is 13.2 Å². The van der Waals surface area contributed by atoms with E-state index in [9.17, 15) is 5.11 Å². The molecule has 2 unspecified atom stereocenters. The van der Waals surface area contributed by atoms with E-state index in [-0.39, 0.29) is 11.5 Å². The first-order chi connectivity index (χ1) is 9.36. The molecule has 1 N–H and O–H groups in total. The Morgan fingerprint density at radius 3 is 2.45 bits per heavy atom. The molecule has 0 saturated heterocycles. The number of aliphatic hydroxyl groups is 1. The summed E-state index contributed by atoms with van der Waals surface area (Å²) in [5, 5.41) is 15.1. The van der Waals surface area contributed by atoms with Gasteiger partial charge in [-0.15, -0.1) is 0 Å². The van der Waals surface area contributed by atoms with Crippen molar-refractivity contribution in [3.8, 4) is 5.75 Å². The maximum atomic E-state index is 10.8. The van der Waals surface area contributed by atoms with Crippen molar-refractivity contribution in [1.29, 1.82) is 0 Å². The summed E-state index contributed by atoms with van der Waals surface area (Å²) < 4.78 is 12.9. The van der Waals surface area contributed by atoms with E-state index < -0.39 is 6.10 Å². The molecule has 0 fully saturated rings. The second-order valence-electron chi connectivity index (χ2n) is 6.01. The van der Waals surface area contributed by atoms with E-state index in [2.05, 4.69) is 32.8 Å². The molecule has 116 valence electrons. The van der Waals surface area contributed by atoms with Crippen molar-refractivity contribution in [2.75, 3.05) is 13.7 Å². The standard InChI is InChI=1S/C15H28N2O3/c1-7-9-17-12(11(19-6)10-16-17)13(18)14(20-8-2)15(3,4)5/h10,13-14,18H,7-9H2,1-6H3. The van der Waals surface area contributed by atoms with Gasteiger partial charge in [-0.2, -0.15) is 5.10 Å². The third-order valence-corrected chi connectivity index (χ3v) is 3.27. The van der Waals surface area contributed by atoms with Crippen LogP contribution in [0, 0.1) is 5.41 Å². The predicted octanol–water partition coefficient (Wildman–Crippen LogP) is 2.79. The summed E-state index contributed by atoms with van der Waals surface area (Å²) in [7, 11) is 1.59. The Morgan fingerprint density at radius 2 is 2.00 bits per heavy atom. The van der Waals surface area contributed by atoms with Gasteiger partial charge in [0.1, 0.15) is 11.8 Å². The minimum atomic E-state index is -0.765. The van der Waals surface area contributed by atoms with Gasteiger partial charge in [0.05, 0.1) is 19.4 Å². The number of hydrogen-bond donors (Lipinski definition) is 1. The van der Waals surface area contributed by atoms with Gasteiger partial charge >= 0.3 is 0 Å². The van der Waals surface area contributed by atoms with Crippen LogP contribution in [0.4, 0.5) is 0 Å². The number of ether oxygens (including phenoxy) is 2. The molecule has 0 aromatic carbocycles. The Bertz CT molecular complexity index is 410. The van der Waals surface area contributed by atoms with E-state index in [1.165, 1.54) is 0 Å². The van der Waals surface area contributed by atoms with Crippen LogP contribution in [0.2, 0.25) is 0 Å². The Labute approximate surface area is 121 Å². The Morgan fingerprint density at radius 1 is 1.35 bits per heavy atom. The van der Waals surface area contributed by atoms with Gasteiger partial charge in [0.15, 0.2) is 5.75 Å². The highest BCUT2D eigenvalue weighted by Crippen LogP contribution is 2.36. The van der Waals surface area contributed by atoms with Crippen LogP contribution in [0.1, 0.15) is 52.8 Å². The molecule has 0 saturated carbocycles. The van der Waals surface area contributed by atoms with Crippen molar-refractivity contribution in [1.82, 2.24) is 9.78 Å². The van der Waals surface area contributed by atoms with E-state index in [1.54, 1.807) is 18.0 Å². The first-order valence-electron chi connectivity index (χ1n) is 7.26. The minimum Gasteiger partial charge on any atom is -0.493 e. The highest BCUT2D eigenvalue weighted by atomic mass is 16.5. The quantitative estimate of drug-likeness (QED) is 0.836. The molecule has 2 atom stereocenters. The van der Waals surface area contributed by atoms with Crippen molar-refractivity contribution in [2.45, 2.75) is 59.8 Å². The molecule has 0 amide bonds. The zero-order chi connectivity index (χ0) is 15.3. The van der Waals surface area contributed by atoms with E-state index in [1.807, 2.05) is 6.92 Å². The molecule has 0 radical (unpaired) electrons. The van der Waals surface area contributed by atoms with Crippen LogP contribution in [-0.2, 0) is 11.3 Å². The van der Waals surface area contributed by atoms with Crippen LogP contribution in [0.3, 0.4) is 0 Å². The summed E-state index contributed by atoms with van der Waals surface area (Å²) in [5.74, 6) is 0.611. The fourth-order valence-electron chi connectivity index (χ4n) is 2.36. The second kappa shape index (κ2) is 7.09. The number of rotatable bonds is 7. The lowest BCUT2D eigenvalue weighted by atomic mass is 9.84. The third-order valence-electron chi connectivity index (χ3n) is 3.27. The molecule has 1 rings (SSSR count). The van der Waals surface area contributed by atoms with Gasteiger partial charge in [-0.05, 0) is 18.8 Å². The van der Waals surface area contributed by atoms with E-state index in [0.29, 0.717) is 18.1 Å². The SMILES string of the molecule is CCCn1ncc(OC)c1C(O)C(OCC)C(C)(C)C. The van der Waals surface area contributed by atoms with E-state index in [0.717, 1.165) is 13.0 Å². The lowest BCUT2D eigenvalue weighted by Gasteiger charge is -2.34. The van der Waals surface area contributed by atoms with Crippen LogP contribution in [0.15, 0.2) is 6.20 Å². The van der Waals surface area contributed by atoms with Gasteiger partial charge in [-0.1, -0.05) is 27.7 Å². The molecule has 1 heterocycles. The Kier molecular flexibility index (Phi) is 6.02. The largest absolute Gasteiger partial charge is 0.493 e. The summed E-state index contributed by atoms with van der Waals surface area (Å²) in [6, 6.07) is 0. The molecule has 0 aliphatic rings. The molecule has 0 bridgehead atoms. The van der Waals surface area contributed by atoms with Gasteiger partial charge in [-0.3, -0.25) is 4.68 Å². The first kappa shape index (κ1) is 17.0. The van der Waals surface area contributed by atoms with Crippen LogP contribution >= 0.6 is 0 Å². The third kappa shape index (κ3) is 3.73. The molecule has 0 spiro atoms. The lowest BCUT2D eigenvalue weighted by molar-refractivity contribution is -0.0931.